The molecule has 26 heavy (non-hydrogen) atoms. The Labute approximate surface area is 149 Å². The van der Waals surface area contributed by atoms with Gasteiger partial charge in [-0.15, -0.1) is 0 Å². The van der Waals surface area contributed by atoms with E-state index in [1.807, 2.05) is 30.3 Å². The van der Waals surface area contributed by atoms with Crippen molar-refractivity contribution < 1.29 is 18.7 Å². The van der Waals surface area contributed by atoms with Crippen LogP contribution < -0.4 is 15.4 Å². The maximum Gasteiger partial charge on any atom is 0.314 e. The topological polar surface area (TPSA) is 67.4 Å². The van der Waals surface area contributed by atoms with E-state index in [4.69, 9.17) is 4.74 Å². The fourth-order valence-corrected chi connectivity index (χ4v) is 2.16. The highest BCUT2D eigenvalue weighted by Crippen LogP contribution is 2.22. The van der Waals surface area contributed by atoms with E-state index in [-0.39, 0.29) is 5.69 Å². The van der Waals surface area contributed by atoms with E-state index < -0.39 is 17.6 Å². The van der Waals surface area contributed by atoms with Crippen molar-refractivity contribution in [1.82, 2.24) is 0 Å². The first kappa shape index (κ1) is 17.2. The lowest BCUT2D eigenvalue weighted by Gasteiger charge is -2.09. The van der Waals surface area contributed by atoms with Gasteiger partial charge in [0.2, 0.25) is 0 Å². The van der Waals surface area contributed by atoms with Crippen LogP contribution in [0.5, 0.6) is 11.5 Å². The molecule has 0 radical (unpaired) electrons. The molecule has 2 amide bonds. The average molecular weight is 350 g/mol. The predicted molar refractivity (Wildman–Crippen MR) is 96.6 cm³/mol. The molecule has 0 fully saturated rings. The van der Waals surface area contributed by atoms with Gasteiger partial charge in [-0.3, -0.25) is 9.59 Å². The van der Waals surface area contributed by atoms with Gasteiger partial charge in [0.25, 0.3) is 0 Å². The molecular formula is C20H15FN2O3. The molecule has 0 spiro atoms. The summed E-state index contributed by atoms with van der Waals surface area (Å²) in [6, 6.07) is 21.4. The number of rotatable bonds is 4. The van der Waals surface area contributed by atoms with Gasteiger partial charge in [-0.1, -0.05) is 30.3 Å². The number of ether oxygens (including phenoxy) is 1. The minimum Gasteiger partial charge on any atom is -0.457 e. The molecule has 0 unspecified atom stereocenters. The molecular weight excluding hydrogens is 335 g/mol. The van der Waals surface area contributed by atoms with Crippen LogP contribution in [0.3, 0.4) is 0 Å². The molecule has 0 bridgehead atoms. The minimum absolute atomic E-state index is 0.0562. The molecule has 6 heteroatoms. The smallest absolute Gasteiger partial charge is 0.314 e. The predicted octanol–water partition coefficient (Wildman–Crippen LogP) is 4.20. The summed E-state index contributed by atoms with van der Waals surface area (Å²) in [5.41, 5.74) is 0.360. The summed E-state index contributed by atoms with van der Waals surface area (Å²) in [5.74, 6) is -1.20. The van der Waals surface area contributed by atoms with Gasteiger partial charge in [0, 0.05) is 5.69 Å². The highest BCUT2D eigenvalue weighted by atomic mass is 19.1. The second-order valence-electron chi connectivity index (χ2n) is 5.33. The van der Waals surface area contributed by atoms with Gasteiger partial charge >= 0.3 is 11.8 Å². The second kappa shape index (κ2) is 7.94. The van der Waals surface area contributed by atoms with Crippen LogP contribution in [0.15, 0.2) is 78.9 Å². The molecule has 0 heterocycles. The van der Waals surface area contributed by atoms with E-state index in [1.165, 1.54) is 18.2 Å². The number of amides is 2. The number of hydrogen-bond donors (Lipinski definition) is 2. The second-order valence-corrected chi connectivity index (χ2v) is 5.33. The Balaban J connectivity index is 1.59. The van der Waals surface area contributed by atoms with Crippen LogP contribution >= 0.6 is 0 Å². The number of hydrogen-bond acceptors (Lipinski definition) is 3. The van der Waals surface area contributed by atoms with Crippen LogP contribution in [0.2, 0.25) is 0 Å². The molecule has 0 saturated heterocycles. The fraction of sp³-hybridized carbons (Fsp3) is 0. The lowest BCUT2D eigenvalue weighted by Crippen LogP contribution is -2.29. The van der Waals surface area contributed by atoms with Crippen molar-refractivity contribution in [2.45, 2.75) is 0 Å². The van der Waals surface area contributed by atoms with Crippen molar-refractivity contribution in [1.29, 1.82) is 0 Å². The summed E-state index contributed by atoms with van der Waals surface area (Å²) in [7, 11) is 0. The average Bonchev–Trinajstić information content (AvgIpc) is 2.66. The minimum atomic E-state index is -0.959. The Morgan fingerprint density at radius 1 is 0.692 bits per heavy atom. The van der Waals surface area contributed by atoms with Crippen molar-refractivity contribution in [3.63, 3.8) is 0 Å². The third-order valence-electron chi connectivity index (χ3n) is 3.42. The molecule has 0 aliphatic heterocycles. The Bertz CT molecular complexity index is 912. The summed E-state index contributed by atoms with van der Waals surface area (Å²) in [6.07, 6.45) is 0. The standard InChI is InChI=1S/C20H15FN2O3/c21-17-8-4-5-9-18(17)23-20(25)19(24)22-14-10-12-16(13-11-14)26-15-6-2-1-3-7-15/h1-13H,(H,22,24)(H,23,25). The number of carbonyl (C=O) groups excluding carboxylic acids is 2. The van der Waals surface area contributed by atoms with Gasteiger partial charge in [0.05, 0.1) is 5.69 Å². The van der Waals surface area contributed by atoms with Crippen LogP contribution in [-0.4, -0.2) is 11.8 Å². The van der Waals surface area contributed by atoms with Gasteiger partial charge < -0.3 is 15.4 Å². The summed E-state index contributed by atoms with van der Waals surface area (Å²) >= 11 is 0. The molecule has 0 saturated carbocycles. The highest BCUT2D eigenvalue weighted by molar-refractivity contribution is 6.43. The number of benzene rings is 3. The molecule has 3 aromatic rings. The third kappa shape index (κ3) is 4.45. The van der Waals surface area contributed by atoms with Gasteiger partial charge in [-0.05, 0) is 48.5 Å². The van der Waals surface area contributed by atoms with E-state index in [2.05, 4.69) is 10.6 Å². The first-order valence-corrected chi connectivity index (χ1v) is 7.81. The zero-order valence-electron chi connectivity index (χ0n) is 13.6. The van der Waals surface area contributed by atoms with Gasteiger partial charge in [0.15, 0.2) is 0 Å². The fourth-order valence-electron chi connectivity index (χ4n) is 2.16. The summed E-state index contributed by atoms with van der Waals surface area (Å²) in [5, 5.41) is 4.67. The van der Waals surface area contributed by atoms with Gasteiger partial charge in [0.1, 0.15) is 17.3 Å². The van der Waals surface area contributed by atoms with Crippen LogP contribution in [0.1, 0.15) is 0 Å². The zero-order valence-corrected chi connectivity index (χ0v) is 13.6. The lowest BCUT2D eigenvalue weighted by molar-refractivity contribution is -0.133. The van der Waals surface area contributed by atoms with Crippen molar-refractivity contribution in [2.75, 3.05) is 10.6 Å². The number of nitrogens with one attached hydrogen (secondary N) is 2. The maximum absolute atomic E-state index is 13.5. The molecule has 0 aliphatic rings. The Kier molecular flexibility index (Phi) is 5.24. The molecule has 3 rings (SSSR count). The highest BCUT2D eigenvalue weighted by Gasteiger charge is 2.15. The van der Waals surface area contributed by atoms with Crippen LogP contribution in [0.4, 0.5) is 15.8 Å². The molecule has 130 valence electrons. The number of carbonyl (C=O) groups is 2. The molecule has 5 nitrogen and oxygen atoms in total. The lowest BCUT2D eigenvalue weighted by atomic mass is 10.3. The quantitative estimate of drug-likeness (QED) is 0.693. The van der Waals surface area contributed by atoms with Crippen molar-refractivity contribution in [3.8, 4) is 11.5 Å². The van der Waals surface area contributed by atoms with Crippen LogP contribution in [-0.2, 0) is 9.59 Å². The molecule has 0 atom stereocenters. The summed E-state index contributed by atoms with van der Waals surface area (Å²) in [4.78, 5) is 23.8. The van der Waals surface area contributed by atoms with Crippen LogP contribution in [0.25, 0.3) is 0 Å². The maximum atomic E-state index is 13.5. The van der Waals surface area contributed by atoms with Crippen LogP contribution in [0, 0.1) is 5.82 Å². The summed E-state index contributed by atoms with van der Waals surface area (Å²) in [6.45, 7) is 0. The van der Waals surface area contributed by atoms with E-state index in [1.54, 1.807) is 30.3 Å². The van der Waals surface area contributed by atoms with Crippen molar-refractivity contribution in [2.24, 2.45) is 0 Å². The normalized spacial score (nSPS) is 10.0. The Hall–Kier alpha value is -3.67. The van der Waals surface area contributed by atoms with E-state index in [9.17, 15) is 14.0 Å². The van der Waals surface area contributed by atoms with Crippen molar-refractivity contribution >= 4 is 23.2 Å². The molecule has 3 aromatic carbocycles. The largest absolute Gasteiger partial charge is 0.457 e. The van der Waals surface area contributed by atoms with Gasteiger partial charge in [-0.25, -0.2) is 4.39 Å². The summed E-state index contributed by atoms with van der Waals surface area (Å²) < 4.78 is 19.1. The molecule has 0 aromatic heterocycles. The molecule has 2 N–H and O–H groups in total. The van der Waals surface area contributed by atoms with Gasteiger partial charge in [-0.2, -0.15) is 0 Å². The van der Waals surface area contributed by atoms with E-state index >= 15 is 0 Å². The molecule has 0 aliphatic carbocycles. The van der Waals surface area contributed by atoms with Crippen molar-refractivity contribution in [3.05, 3.63) is 84.7 Å². The van der Waals surface area contributed by atoms with E-state index in [0.717, 1.165) is 0 Å². The first-order valence-electron chi connectivity index (χ1n) is 7.81. The number of halogens is 1. The SMILES string of the molecule is O=C(Nc1ccc(Oc2ccccc2)cc1)C(=O)Nc1ccccc1F. The Morgan fingerprint density at radius 3 is 1.96 bits per heavy atom. The first-order chi connectivity index (χ1) is 12.6. The Morgan fingerprint density at radius 2 is 1.27 bits per heavy atom. The number of anilines is 2. The number of para-hydroxylation sites is 2. The van der Waals surface area contributed by atoms with E-state index in [0.29, 0.717) is 17.2 Å². The third-order valence-corrected chi connectivity index (χ3v) is 3.42. The monoisotopic (exact) mass is 350 g/mol. The zero-order chi connectivity index (χ0) is 18.4.